The molecule has 0 saturated carbocycles. The minimum Gasteiger partial charge on any atom is -0.744 e. The van der Waals surface area contributed by atoms with Crippen LogP contribution >= 0.6 is 0 Å². The summed E-state index contributed by atoms with van der Waals surface area (Å²) in [7, 11) is -10.5. The third-order valence-electron chi connectivity index (χ3n) is 6.90. The Labute approximate surface area is 322 Å². The largest absolute Gasteiger partial charge is 1.00 e. The third kappa shape index (κ3) is 7.78. The van der Waals surface area contributed by atoms with E-state index in [9.17, 15) is 40.6 Å². The molecule has 6 rings (SSSR count). The van der Waals surface area contributed by atoms with Crippen LogP contribution in [0.4, 0.5) is 40.3 Å². The molecule has 0 atom stereocenters. The molecular formula is C29H19N7Na2O9S2. The maximum atomic E-state index is 13.6. The van der Waals surface area contributed by atoms with Crippen molar-refractivity contribution in [3.8, 4) is 6.01 Å². The van der Waals surface area contributed by atoms with Gasteiger partial charge in [-0.25, -0.2) is 16.8 Å². The second kappa shape index (κ2) is 14.5. The van der Waals surface area contributed by atoms with E-state index in [1.807, 2.05) is 0 Å². The molecule has 1 aliphatic rings. The van der Waals surface area contributed by atoms with E-state index in [1.165, 1.54) is 30.3 Å². The van der Waals surface area contributed by atoms with Crippen LogP contribution in [-0.2, 0) is 20.2 Å². The standard InChI is InChI=1S/C29H21N7O9S2.2Na/c30-24-21(47(43,44)45)13-19(22-23(24)26(38)17-9-5-4-8-16(17)25(22)37)31-15-10-11-18(20(12-15)46(40,41)42)33-28-34-27(35-29(39)36-28)32-14-6-2-1-3-7-14;;/h1-13,31H,30H2,(H,40,41,42)(H,43,44,45)(H3,32,33,34,35,36,39);;/q;2*+1/p-2. The van der Waals surface area contributed by atoms with Gasteiger partial charge in [0.25, 0.3) is 0 Å². The van der Waals surface area contributed by atoms with E-state index < -0.39 is 58.9 Å². The summed E-state index contributed by atoms with van der Waals surface area (Å²) in [5.41, 5.74) is 3.93. The number of nitrogens with two attached hydrogens (primary N) is 1. The first kappa shape index (κ1) is 37.9. The zero-order valence-electron chi connectivity index (χ0n) is 25.5. The smallest absolute Gasteiger partial charge is 0.744 e. The Morgan fingerprint density at radius 2 is 1.16 bits per heavy atom. The molecule has 1 heterocycles. The average Bonchev–Trinajstić information content (AvgIpc) is 3.00. The molecule has 1 aliphatic carbocycles. The molecule has 0 spiro atoms. The van der Waals surface area contributed by atoms with Gasteiger partial charge in [0.1, 0.15) is 20.2 Å². The van der Waals surface area contributed by atoms with Gasteiger partial charge in [0.2, 0.25) is 11.9 Å². The first-order chi connectivity index (χ1) is 22.2. The number of anilines is 7. The van der Waals surface area contributed by atoms with Crippen molar-refractivity contribution in [1.29, 1.82) is 0 Å². The van der Waals surface area contributed by atoms with Crippen molar-refractivity contribution in [2.45, 2.75) is 9.79 Å². The fourth-order valence-corrected chi connectivity index (χ4v) is 6.21. The second-order valence-corrected chi connectivity index (χ2v) is 12.6. The summed E-state index contributed by atoms with van der Waals surface area (Å²) in [6.45, 7) is 0. The number of nitrogen functional groups attached to an aromatic ring is 1. The number of aromatic hydroxyl groups is 1. The number of para-hydroxylation sites is 1. The Balaban J connectivity index is 0.00000270. The van der Waals surface area contributed by atoms with Crippen molar-refractivity contribution in [1.82, 2.24) is 15.0 Å². The van der Waals surface area contributed by atoms with E-state index in [0.29, 0.717) is 5.69 Å². The number of fused-ring (bicyclic) bond motifs is 2. The van der Waals surface area contributed by atoms with E-state index in [4.69, 9.17) is 5.73 Å². The summed E-state index contributed by atoms with van der Waals surface area (Å²) < 4.78 is 73.3. The van der Waals surface area contributed by atoms with Crippen LogP contribution in [0.1, 0.15) is 31.8 Å². The molecule has 49 heavy (non-hydrogen) atoms. The molecule has 16 nitrogen and oxygen atoms in total. The van der Waals surface area contributed by atoms with Gasteiger partial charge >= 0.3 is 65.1 Å². The molecule has 238 valence electrons. The number of nitrogens with zero attached hydrogens (tertiary/aromatic N) is 3. The van der Waals surface area contributed by atoms with Gasteiger partial charge in [-0.2, -0.15) is 15.0 Å². The number of hydrogen-bond acceptors (Lipinski definition) is 16. The molecule has 0 saturated heterocycles. The number of benzene rings is 4. The number of carbonyl (C=O) groups is 2. The van der Waals surface area contributed by atoms with Gasteiger partial charge < -0.3 is 35.9 Å². The summed E-state index contributed by atoms with van der Waals surface area (Å²) in [6.07, 6.45) is 0. The van der Waals surface area contributed by atoms with E-state index in [2.05, 4.69) is 30.9 Å². The maximum absolute atomic E-state index is 13.6. The quantitative estimate of drug-likeness (QED) is 0.0595. The molecule has 4 aromatic carbocycles. The summed E-state index contributed by atoms with van der Waals surface area (Å²) in [5, 5.41) is 18.0. The topological polar surface area (TPSA) is 270 Å². The zero-order chi connectivity index (χ0) is 33.7. The van der Waals surface area contributed by atoms with Gasteiger partial charge in [0.05, 0.1) is 38.0 Å². The number of nitrogens with one attached hydrogen (secondary N) is 3. The predicted octanol–water partition coefficient (Wildman–Crippen LogP) is -3.02. The van der Waals surface area contributed by atoms with Crippen LogP contribution in [-0.4, -0.2) is 57.6 Å². The van der Waals surface area contributed by atoms with E-state index in [0.717, 1.165) is 18.2 Å². The van der Waals surface area contributed by atoms with Crippen molar-refractivity contribution >= 4 is 72.1 Å². The molecule has 1 aromatic heterocycles. The van der Waals surface area contributed by atoms with Gasteiger partial charge in [-0.3, -0.25) is 9.59 Å². The van der Waals surface area contributed by atoms with Crippen LogP contribution in [0.25, 0.3) is 0 Å². The van der Waals surface area contributed by atoms with Crippen LogP contribution in [0, 0.1) is 0 Å². The number of aromatic nitrogens is 3. The molecule has 0 radical (unpaired) electrons. The molecule has 0 amide bonds. The number of hydrogen-bond donors (Lipinski definition) is 5. The normalized spacial score (nSPS) is 12.1. The average molecular weight is 720 g/mol. The fourth-order valence-electron chi connectivity index (χ4n) is 4.91. The number of carbonyl (C=O) groups excluding carboxylic acids is 2. The Kier molecular flexibility index (Phi) is 11.2. The van der Waals surface area contributed by atoms with Crippen molar-refractivity contribution in [2.75, 3.05) is 21.7 Å². The SMILES string of the molecule is Nc1c(S(=O)(=O)[O-])cc(Nc2ccc(Nc3nc(O)nc(Nc4ccccc4)n3)c(S(=O)(=O)[O-])c2)c2c1C(=O)c1ccccc1C2=O.[Na+].[Na+]. The third-order valence-corrected chi connectivity index (χ3v) is 8.65. The molecule has 0 unspecified atom stereocenters. The maximum Gasteiger partial charge on any atom is 1.00 e. The van der Waals surface area contributed by atoms with Crippen molar-refractivity contribution in [2.24, 2.45) is 0 Å². The molecule has 0 fully saturated rings. The van der Waals surface area contributed by atoms with Crippen molar-refractivity contribution < 1.29 is 99.8 Å². The van der Waals surface area contributed by atoms with Gasteiger partial charge in [-0.1, -0.05) is 42.5 Å². The second-order valence-electron chi connectivity index (χ2n) is 9.93. The number of rotatable bonds is 8. The van der Waals surface area contributed by atoms with E-state index in [-0.39, 0.29) is 105 Å². The Morgan fingerprint density at radius 3 is 1.76 bits per heavy atom. The first-order valence-corrected chi connectivity index (χ1v) is 16.0. The fraction of sp³-hybridized carbons (Fsp3) is 0. The van der Waals surface area contributed by atoms with Crippen molar-refractivity contribution in [3.63, 3.8) is 0 Å². The van der Waals surface area contributed by atoms with Crippen LogP contribution < -0.4 is 80.8 Å². The summed E-state index contributed by atoms with van der Waals surface area (Å²) in [4.78, 5) is 36.6. The monoisotopic (exact) mass is 719 g/mol. The van der Waals surface area contributed by atoms with E-state index in [1.54, 1.807) is 30.3 Å². The molecule has 0 bridgehead atoms. The van der Waals surface area contributed by atoms with Gasteiger partial charge in [-0.15, -0.1) is 0 Å². The summed E-state index contributed by atoms with van der Waals surface area (Å²) >= 11 is 0. The van der Waals surface area contributed by atoms with Gasteiger partial charge in [0.15, 0.2) is 11.6 Å². The molecule has 0 aliphatic heterocycles. The van der Waals surface area contributed by atoms with Crippen LogP contribution in [0.3, 0.4) is 0 Å². The minimum absolute atomic E-state index is 0. The van der Waals surface area contributed by atoms with Crippen LogP contribution in [0.5, 0.6) is 6.01 Å². The molecule has 20 heteroatoms. The first-order valence-electron chi connectivity index (χ1n) is 13.2. The van der Waals surface area contributed by atoms with Crippen molar-refractivity contribution in [3.05, 3.63) is 101 Å². The summed E-state index contributed by atoms with van der Waals surface area (Å²) in [6, 6.07) is 17.6. The Morgan fingerprint density at radius 1 is 0.612 bits per heavy atom. The predicted molar refractivity (Wildman–Crippen MR) is 164 cm³/mol. The van der Waals surface area contributed by atoms with E-state index >= 15 is 0 Å². The van der Waals surface area contributed by atoms with Gasteiger partial charge in [-0.05, 0) is 36.4 Å². The number of ketones is 2. The molecular weight excluding hydrogens is 700 g/mol. The van der Waals surface area contributed by atoms with Crippen LogP contribution in [0.15, 0.2) is 88.7 Å². The molecule has 5 aromatic rings. The summed E-state index contributed by atoms with van der Waals surface area (Å²) in [5.74, 6) is -2.01. The van der Waals surface area contributed by atoms with Crippen LogP contribution in [0.2, 0.25) is 0 Å². The minimum atomic E-state index is -5.28. The zero-order valence-corrected chi connectivity index (χ0v) is 31.1. The van der Waals surface area contributed by atoms with Gasteiger partial charge in [0, 0.05) is 22.5 Å². The Hall–Kier alpha value is -3.95. The Bertz CT molecular complexity index is 2360. The molecule has 6 N–H and O–H groups in total.